The maximum absolute atomic E-state index is 11.0. The second-order valence-electron chi connectivity index (χ2n) is 4.86. The molecule has 0 amide bonds. The fourth-order valence-corrected chi connectivity index (χ4v) is 2.31. The Hall–Kier alpha value is -2.26. The molecule has 114 valence electrons. The molecule has 0 aliphatic heterocycles. The number of rotatable bonds is 6. The lowest BCUT2D eigenvalue weighted by Crippen LogP contribution is -1.95. The van der Waals surface area contributed by atoms with Crippen LogP contribution in [-0.2, 0) is 11.2 Å². The zero-order valence-electron chi connectivity index (χ0n) is 12.3. The number of allylic oxidation sites excluding steroid dienone is 1. The highest BCUT2D eigenvalue weighted by Gasteiger charge is 2.06. The average molecular weight is 317 g/mol. The smallest absolute Gasteiger partial charge is 0.328 e. The second-order valence-corrected chi connectivity index (χ2v) is 5.30. The van der Waals surface area contributed by atoms with E-state index in [4.69, 9.17) is 21.4 Å². The predicted molar refractivity (Wildman–Crippen MR) is 88.4 cm³/mol. The van der Waals surface area contributed by atoms with Gasteiger partial charge in [-0.1, -0.05) is 35.9 Å². The van der Waals surface area contributed by atoms with E-state index < -0.39 is 5.97 Å². The number of carbonyl (C=O) groups is 1. The third-order valence-corrected chi connectivity index (χ3v) is 3.61. The molecule has 0 unspecified atom stereocenters. The van der Waals surface area contributed by atoms with E-state index in [1.165, 1.54) is 6.08 Å². The molecule has 0 aliphatic rings. The van der Waals surface area contributed by atoms with Gasteiger partial charge >= 0.3 is 5.97 Å². The van der Waals surface area contributed by atoms with Crippen LogP contribution in [-0.4, -0.2) is 18.2 Å². The van der Waals surface area contributed by atoms with Crippen LogP contribution < -0.4 is 4.74 Å². The fourth-order valence-electron chi connectivity index (χ4n) is 2.18. The maximum Gasteiger partial charge on any atom is 0.328 e. The summed E-state index contributed by atoms with van der Waals surface area (Å²) in [6.07, 6.45) is 2.65. The molecule has 0 saturated heterocycles. The first-order valence-corrected chi connectivity index (χ1v) is 7.28. The molecule has 2 rings (SSSR count). The first kappa shape index (κ1) is 16.1. The van der Waals surface area contributed by atoms with Gasteiger partial charge in [-0.05, 0) is 53.8 Å². The number of aliphatic carboxylic acids is 1. The van der Waals surface area contributed by atoms with E-state index in [1.807, 2.05) is 48.5 Å². The lowest BCUT2D eigenvalue weighted by Gasteiger charge is -2.09. The van der Waals surface area contributed by atoms with Gasteiger partial charge in [0, 0.05) is 11.1 Å². The molecule has 0 saturated carbocycles. The Morgan fingerprint density at radius 1 is 1.14 bits per heavy atom. The number of halogens is 1. The summed E-state index contributed by atoms with van der Waals surface area (Å²) in [4.78, 5) is 11.0. The minimum Gasteiger partial charge on any atom is -0.497 e. The molecule has 0 fully saturated rings. The minimum atomic E-state index is -0.943. The van der Waals surface area contributed by atoms with Gasteiger partial charge in [0.05, 0.1) is 7.11 Å². The standard InChI is InChI=1S/C18H17ClO3/c1-22-17-10-6-14(7-11-17)15(12-18(20)21)5-2-13-3-8-16(19)9-4-13/h3-4,6-12H,2,5H2,1H3,(H,20,21)/b15-12-. The number of hydrogen-bond acceptors (Lipinski definition) is 2. The van der Waals surface area contributed by atoms with Gasteiger partial charge in [0.1, 0.15) is 5.75 Å². The third-order valence-electron chi connectivity index (χ3n) is 3.35. The molecule has 0 heterocycles. The summed E-state index contributed by atoms with van der Waals surface area (Å²) in [5, 5.41) is 9.76. The highest BCUT2D eigenvalue weighted by Crippen LogP contribution is 2.23. The molecular formula is C18H17ClO3. The Kier molecular flexibility index (Phi) is 5.61. The van der Waals surface area contributed by atoms with Crippen molar-refractivity contribution in [2.75, 3.05) is 7.11 Å². The molecular weight excluding hydrogens is 300 g/mol. The number of carboxylic acids is 1. The van der Waals surface area contributed by atoms with Gasteiger partial charge in [-0.25, -0.2) is 4.79 Å². The molecule has 4 heteroatoms. The Morgan fingerprint density at radius 2 is 1.77 bits per heavy atom. The van der Waals surface area contributed by atoms with E-state index >= 15 is 0 Å². The molecule has 0 radical (unpaired) electrons. The molecule has 2 aromatic rings. The van der Waals surface area contributed by atoms with Crippen LogP contribution in [0.2, 0.25) is 5.02 Å². The van der Waals surface area contributed by atoms with Crippen LogP contribution >= 0.6 is 11.6 Å². The van der Waals surface area contributed by atoms with Gasteiger partial charge in [0.15, 0.2) is 0 Å². The first-order valence-electron chi connectivity index (χ1n) is 6.91. The van der Waals surface area contributed by atoms with Crippen LogP contribution in [0.4, 0.5) is 0 Å². The summed E-state index contributed by atoms with van der Waals surface area (Å²) < 4.78 is 5.12. The van der Waals surface area contributed by atoms with Gasteiger partial charge in [-0.3, -0.25) is 0 Å². The summed E-state index contributed by atoms with van der Waals surface area (Å²) in [6, 6.07) is 15.0. The van der Waals surface area contributed by atoms with Crippen LogP contribution in [0.15, 0.2) is 54.6 Å². The molecule has 0 aliphatic carbocycles. The van der Waals surface area contributed by atoms with Crippen molar-refractivity contribution in [3.63, 3.8) is 0 Å². The summed E-state index contributed by atoms with van der Waals surface area (Å²) in [7, 11) is 1.60. The van der Waals surface area contributed by atoms with E-state index in [0.717, 1.165) is 28.9 Å². The number of hydrogen-bond donors (Lipinski definition) is 1. The molecule has 0 bridgehead atoms. The zero-order valence-corrected chi connectivity index (χ0v) is 13.0. The highest BCUT2D eigenvalue weighted by atomic mass is 35.5. The van der Waals surface area contributed by atoms with Crippen molar-refractivity contribution in [2.45, 2.75) is 12.8 Å². The molecule has 2 aromatic carbocycles. The molecule has 0 aromatic heterocycles. The van der Waals surface area contributed by atoms with Crippen molar-refractivity contribution >= 4 is 23.1 Å². The van der Waals surface area contributed by atoms with Gasteiger partial charge in [0.2, 0.25) is 0 Å². The van der Waals surface area contributed by atoms with Crippen molar-refractivity contribution < 1.29 is 14.6 Å². The molecule has 0 atom stereocenters. The third kappa shape index (κ3) is 4.64. The average Bonchev–Trinajstić information content (AvgIpc) is 2.53. The number of methoxy groups -OCH3 is 1. The monoisotopic (exact) mass is 316 g/mol. The van der Waals surface area contributed by atoms with Crippen molar-refractivity contribution in [3.05, 3.63) is 70.8 Å². The number of carboxylic acid groups (broad SMARTS) is 1. The molecule has 0 spiro atoms. The normalized spacial score (nSPS) is 11.3. The predicted octanol–water partition coefficient (Wildman–Crippen LogP) is 4.45. The SMILES string of the molecule is COc1ccc(/C(=C\C(=O)O)CCc2ccc(Cl)cc2)cc1. The largest absolute Gasteiger partial charge is 0.497 e. The number of ether oxygens (including phenoxy) is 1. The Balaban J connectivity index is 2.15. The number of benzene rings is 2. The van der Waals surface area contributed by atoms with Gasteiger partial charge in [-0.15, -0.1) is 0 Å². The first-order chi connectivity index (χ1) is 10.6. The van der Waals surface area contributed by atoms with Gasteiger partial charge in [0.25, 0.3) is 0 Å². The Labute approximate surface area is 134 Å². The minimum absolute atomic E-state index is 0.639. The van der Waals surface area contributed by atoms with E-state index in [1.54, 1.807) is 7.11 Å². The van der Waals surface area contributed by atoms with Crippen molar-refractivity contribution in [1.82, 2.24) is 0 Å². The van der Waals surface area contributed by atoms with Crippen LogP contribution in [0.25, 0.3) is 5.57 Å². The van der Waals surface area contributed by atoms with Crippen molar-refractivity contribution in [2.24, 2.45) is 0 Å². The Bertz CT molecular complexity index is 658. The summed E-state index contributed by atoms with van der Waals surface area (Å²) in [5.74, 6) is -0.196. The summed E-state index contributed by atoms with van der Waals surface area (Å²) in [6.45, 7) is 0. The van der Waals surface area contributed by atoms with Crippen molar-refractivity contribution in [1.29, 1.82) is 0 Å². The van der Waals surface area contributed by atoms with Gasteiger partial charge in [-0.2, -0.15) is 0 Å². The van der Waals surface area contributed by atoms with E-state index in [2.05, 4.69) is 0 Å². The summed E-state index contributed by atoms with van der Waals surface area (Å²) >= 11 is 5.87. The van der Waals surface area contributed by atoms with Crippen molar-refractivity contribution in [3.8, 4) is 5.75 Å². The maximum atomic E-state index is 11.0. The molecule has 1 N–H and O–H groups in total. The van der Waals surface area contributed by atoms with Crippen LogP contribution in [0.1, 0.15) is 17.5 Å². The molecule has 22 heavy (non-hydrogen) atoms. The number of aryl methyl sites for hydroxylation is 1. The quantitative estimate of drug-likeness (QED) is 0.801. The summed E-state index contributed by atoms with van der Waals surface area (Å²) in [5.41, 5.74) is 2.79. The molecule has 3 nitrogen and oxygen atoms in total. The lowest BCUT2D eigenvalue weighted by atomic mass is 9.98. The highest BCUT2D eigenvalue weighted by molar-refractivity contribution is 6.30. The van der Waals surface area contributed by atoms with Gasteiger partial charge < -0.3 is 9.84 Å². The van der Waals surface area contributed by atoms with E-state index in [9.17, 15) is 4.79 Å². The topological polar surface area (TPSA) is 46.5 Å². The zero-order chi connectivity index (χ0) is 15.9. The van der Waals surface area contributed by atoms with Crippen LogP contribution in [0.5, 0.6) is 5.75 Å². The van der Waals surface area contributed by atoms with E-state index in [-0.39, 0.29) is 0 Å². The fraction of sp³-hybridized carbons (Fsp3) is 0.167. The lowest BCUT2D eigenvalue weighted by molar-refractivity contribution is -0.131. The van der Waals surface area contributed by atoms with Crippen LogP contribution in [0.3, 0.4) is 0 Å². The van der Waals surface area contributed by atoms with E-state index in [0.29, 0.717) is 11.4 Å². The van der Waals surface area contributed by atoms with Crippen LogP contribution in [0, 0.1) is 0 Å². The second kappa shape index (κ2) is 7.66. The Morgan fingerprint density at radius 3 is 2.32 bits per heavy atom.